The SMILES string of the molecule is CCCC(C)NC(=O)C(C)Sc1cccc(CNC)c1. The molecule has 0 saturated heterocycles. The maximum Gasteiger partial charge on any atom is 0.233 e. The van der Waals surface area contributed by atoms with Crippen molar-refractivity contribution in [1.29, 1.82) is 0 Å². The number of benzene rings is 1. The number of hydrogen-bond donors (Lipinski definition) is 2. The second-order valence-electron chi connectivity index (χ2n) is 5.14. The summed E-state index contributed by atoms with van der Waals surface area (Å²) in [6, 6.07) is 8.59. The molecule has 0 aliphatic rings. The molecule has 0 bridgehead atoms. The first kappa shape index (κ1) is 17.1. The zero-order chi connectivity index (χ0) is 15.0. The predicted molar refractivity (Wildman–Crippen MR) is 87.0 cm³/mol. The fraction of sp³-hybridized carbons (Fsp3) is 0.562. The molecule has 3 nitrogen and oxygen atoms in total. The summed E-state index contributed by atoms with van der Waals surface area (Å²) in [4.78, 5) is 13.2. The highest BCUT2D eigenvalue weighted by Crippen LogP contribution is 2.24. The van der Waals surface area contributed by atoms with Gasteiger partial charge in [-0.25, -0.2) is 0 Å². The van der Waals surface area contributed by atoms with Crippen molar-refractivity contribution >= 4 is 17.7 Å². The molecule has 2 N–H and O–H groups in total. The van der Waals surface area contributed by atoms with Crippen LogP contribution < -0.4 is 10.6 Å². The number of nitrogens with one attached hydrogen (secondary N) is 2. The van der Waals surface area contributed by atoms with Crippen molar-refractivity contribution in [2.24, 2.45) is 0 Å². The van der Waals surface area contributed by atoms with Crippen molar-refractivity contribution in [3.63, 3.8) is 0 Å². The van der Waals surface area contributed by atoms with Gasteiger partial charge in [0.05, 0.1) is 5.25 Å². The summed E-state index contributed by atoms with van der Waals surface area (Å²) in [5.74, 6) is 0.120. The van der Waals surface area contributed by atoms with Crippen LogP contribution in [0.25, 0.3) is 0 Å². The quantitative estimate of drug-likeness (QED) is 0.724. The van der Waals surface area contributed by atoms with Gasteiger partial charge in [0.15, 0.2) is 0 Å². The minimum Gasteiger partial charge on any atom is -0.353 e. The van der Waals surface area contributed by atoms with Crippen molar-refractivity contribution in [2.75, 3.05) is 7.05 Å². The average molecular weight is 294 g/mol. The van der Waals surface area contributed by atoms with E-state index in [1.165, 1.54) is 5.56 Å². The van der Waals surface area contributed by atoms with E-state index in [9.17, 15) is 4.79 Å². The third kappa shape index (κ3) is 5.97. The Morgan fingerprint density at radius 1 is 1.35 bits per heavy atom. The summed E-state index contributed by atoms with van der Waals surface area (Å²) < 4.78 is 0. The fourth-order valence-corrected chi connectivity index (χ4v) is 3.02. The van der Waals surface area contributed by atoms with Crippen LogP contribution in [0.5, 0.6) is 0 Å². The Bertz CT molecular complexity index is 423. The molecule has 1 aromatic rings. The molecule has 4 heteroatoms. The first-order valence-electron chi connectivity index (χ1n) is 7.27. The lowest BCUT2D eigenvalue weighted by Crippen LogP contribution is -2.37. The molecule has 0 saturated carbocycles. The van der Waals surface area contributed by atoms with E-state index < -0.39 is 0 Å². The molecular weight excluding hydrogens is 268 g/mol. The highest BCUT2D eigenvalue weighted by atomic mass is 32.2. The number of rotatable bonds is 8. The molecule has 1 aromatic carbocycles. The summed E-state index contributed by atoms with van der Waals surface area (Å²) in [7, 11) is 1.94. The lowest BCUT2D eigenvalue weighted by atomic mass is 10.2. The highest BCUT2D eigenvalue weighted by molar-refractivity contribution is 8.00. The molecule has 0 fully saturated rings. The van der Waals surface area contributed by atoms with Gasteiger partial charge in [-0.2, -0.15) is 0 Å². The molecule has 0 heterocycles. The molecule has 20 heavy (non-hydrogen) atoms. The molecular formula is C16H26N2OS. The van der Waals surface area contributed by atoms with Crippen LogP contribution in [0.3, 0.4) is 0 Å². The number of carbonyl (C=O) groups is 1. The molecule has 2 unspecified atom stereocenters. The van der Waals surface area contributed by atoms with E-state index in [1.807, 2.05) is 20.0 Å². The normalized spacial score (nSPS) is 13.8. The lowest BCUT2D eigenvalue weighted by Gasteiger charge is -2.17. The van der Waals surface area contributed by atoms with Crippen molar-refractivity contribution in [3.05, 3.63) is 29.8 Å². The first-order chi connectivity index (χ1) is 9.56. The van der Waals surface area contributed by atoms with Crippen molar-refractivity contribution in [2.45, 2.75) is 56.3 Å². The van der Waals surface area contributed by atoms with Crippen LogP contribution in [0.2, 0.25) is 0 Å². The smallest absolute Gasteiger partial charge is 0.233 e. The molecule has 1 rings (SSSR count). The zero-order valence-corrected chi connectivity index (χ0v) is 13.7. The third-order valence-electron chi connectivity index (χ3n) is 3.07. The van der Waals surface area contributed by atoms with Crippen LogP contribution in [0.1, 0.15) is 39.2 Å². The van der Waals surface area contributed by atoms with Crippen LogP contribution in [-0.2, 0) is 11.3 Å². The Morgan fingerprint density at radius 2 is 2.10 bits per heavy atom. The Labute approximate surface area is 126 Å². The summed E-state index contributed by atoms with van der Waals surface area (Å²) in [6.45, 7) is 7.01. The van der Waals surface area contributed by atoms with Crippen molar-refractivity contribution < 1.29 is 4.79 Å². The maximum atomic E-state index is 12.1. The summed E-state index contributed by atoms with van der Waals surface area (Å²) >= 11 is 1.61. The van der Waals surface area contributed by atoms with Crippen molar-refractivity contribution in [3.8, 4) is 0 Å². The van der Waals surface area contributed by atoms with E-state index in [4.69, 9.17) is 0 Å². The van der Waals surface area contributed by atoms with Gasteiger partial charge in [0, 0.05) is 17.5 Å². The topological polar surface area (TPSA) is 41.1 Å². The molecule has 1 amide bonds. The first-order valence-corrected chi connectivity index (χ1v) is 8.15. The lowest BCUT2D eigenvalue weighted by molar-refractivity contribution is -0.120. The van der Waals surface area contributed by atoms with E-state index in [2.05, 4.69) is 42.7 Å². The van der Waals surface area contributed by atoms with Crippen LogP contribution in [0.4, 0.5) is 0 Å². The Kier molecular flexibility index (Phi) is 7.70. The number of thioether (sulfide) groups is 1. The third-order valence-corrected chi connectivity index (χ3v) is 4.17. The van der Waals surface area contributed by atoms with Crippen LogP contribution >= 0.6 is 11.8 Å². The fourth-order valence-electron chi connectivity index (χ4n) is 2.06. The van der Waals surface area contributed by atoms with E-state index in [1.54, 1.807) is 11.8 Å². The van der Waals surface area contributed by atoms with Gasteiger partial charge in [-0.05, 0) is 45.0 Å². The van der Waals surface area contributed by atoms with E-state index in [-0.39, 0.29) is 17.2 Å². The second kappa shape index (κ2) is 9.03. The molecule has 0 radical (unpaired) electrons. The Hall–Kier alpha value is -1.00. The highest BCUT2D eigenvalue weighted by Gasteiger charge is 2.16. The minimum atomic E-state index is -0.0702. The Morgan fingerprint density at radius 3 is 2.75 bits per heavy atom. The molecule has 112 valence electrons. The van der Waals surface area contributed by atoms with Gasteiger partial charge >= 0.3 is 0 Å². The average Bonchev–Trinajstić information content (AvgIpc) is 2.39. The van der Waals surface area contributed by atoms with Gasteiger partial charge in [0.1, 0.15) is 0 Å². The molecule has 0 aliphatic carbocycles. The van der Waals surface area contributed by atoms with Crippen LogP contribution in [0, 0.1) is 0 Å². The van der Waals surface area contributed by atoms with Crippen LogP contribution in [0.15, 0.2) is 29.2 Å². The molecule has 0 spiro atoms. The molecule has 0 aromatic heterocycles. The van der Waals surface area contributed by atoms with Gasteiger partial charge in [-0.1, -0.05) is 25.5 Å². The van der Waals surface area contributed by atoms with Gasteiger partial charge in [-0.15, -0.1) is 11.8 Å². The monoisotopic (exact) mass is 294 g/mol. The van der Waals surface area contributed by atoms with E-state index in [0.29, 0.717) is 0 Å². The number of carbonyl (C=O) groups excluding carboxylic acids is 1. The van der Waals surface area contributed by atoms with Gasteiger partial charge < -0.3 is 10.6 Å². The summed E-state index contributed by atoms with van der Waals surface area (Å²) in [5.41, 5.74) is 1.24. The van der Waals surface area contributed by atoms with Gasteiger partial charge in [0.2, 0.25) is 5.91 Å². The summed E-state index contributed by atoms with van der Waals surface area (Å²) in [6.07, 6.45) is 2.12. The van der Waals surface area contributed by atoms with Crippen LogP contribution in [-0.4, -0.2) is 24.2 Å². The minimum absolute atomic E-state index is 0.0702. The van der Waals surface area contributed by atoms with Crippen molar-refractivity contribution in [1.82, 2.24) is 10.6 Å². The number of hydrogen-bond acceptors (Lipinski definition) is 3. The summed E-state index contributed by atoms with van der Waals surface area (Å²) in [5, 5.41) is 6.14. The molecule has 0 aliphatic heterocycles. The largest absolute Gasteiger partial charge is 0.353 e. The predicted octanol–water partition coefficient (Wildman–Crippen LogP) is 3.19. The van der Waals surface area contributed by atoms with E-state index >= 15 is 0 Å². The van der Waals surface area contributed by atoms with Gasteiger partial charge in [0.25, 0.3) is 0 Å². The van der Waals surface area contributed by atoms with E-state index in [0.717, 1.165) is 24.3 Å². The van der Waals surface area contributed by atoms with Gasteiger partial charge in [-0.3, -0.25) is 4.79 Å². The molecule has 2 atom stereocenters. The zero-order valence-electron chi connectivity index (χ0n) is 12.9. The standard InChI is InChI=1S/C16H26N2OS/c1-5-7-12(2)18-16(19)13(3)20-15-9-6-8-14(10-15)11-17-4/h6,8-10,12-13,17H,5,7,11H2,1-4H3,(H,18,19). The Balaban J connectivity index is 2.54. The maximum absolute atomic E-state index is 12.1. The second-order valence-corrected chi connectivity index (χ2v) is 6.55. The number of amides is 1.